The third-order valence-electron chi connectivity index (χ3n) is 3.32. The molecule has 2 aromatic rings. The van der Waals surface area contributed by atoms with Gasteiger partial charge in [-0.3, -0.25) is 0 Å². The quantitative estimate of drug-likeness (QED) is 0.499. The Bertz CT molecular complexity index is 602. The first-order valence-electron chi connectivity index (χ1n) is 6.30. The number of aromatic nitrogens is 2. The fourth-order valence-corrected chi connectivity index (χ4v) is 2.34. The summed E-state index contributed by atoms with van der Waals surface area (Å²) < 4.78 is 0. The normalized spacial score (nSPS) is 18.2. The Labute approximate surface area is 110 Å². The summed E-state index contributed by atoms with van der Waals surface area (Å²) in [6.07, 6.45) is 4.17. The van der Waals surface area contributed by atoms with Gasteiger partial charge < -0.3 is 10.3 Å². The number of hydrogen-bond acceptors (Lipinski definition) is 3. The summed E-state index contributed by atoms with van der Waals surface area (Å²) >= 11 is 0. The van der Waals surface area contributed by atoms with Crippen molar-refractivity contribution in [1.29, 1.82) is 0 Å². The number of nitrogens with zero attached hydrogens (tertiary/aromatic N) is 4. The molecule has 0 saturated carbocycles. The van der Waals surface area contributed by atoms with Crippen LogP contribution in [0.5, 0.6) is 0 Å². The molecule has 6 nitrogen and oxygen atoms in total. The third kappa shape index (κ3) is 2.45. The van der Waals surface area contributed by atoms with Crippen LogP contribution in [0.25, 0.3) is 21.7 Å². The molecule has 0 radical (unpaired) electrons. The van der Waals surface area contributed by atoms with E-state index in [0.717, 1.165) is 30.0 Å². The Kier molecular flexibility index (Phi) is 3.18. The SMILES string of the molecule is [N-]=[N+]=Nc1ccc(-c2cnc([C@@H]3CCCN3)[nH]2)cc1. The highest BCUT2D eigenvalue weighted by atomic mass is 15.1. The summed E-state index contributed by atoms with van der Waals surface area (Å²) in [4.78, 5) is 10.5. The number of H-pyrrole nitrogens is 1. The van der Waals surface area contributed by atoms with Crippen molar-refractivity contribution < 1.29 is 0 Å². The van der Waals surface area contributed by atoms with Crippen molar-refractivity contribution in [2.75, 3.05) is 6.54 Å². The highest BCUT2D eigenvalue weighted by Crippen LogP contribution is 2.25. The molecule has 1 aromatic carbocycles. The first-order chi connectivity index (χ1) is 9.36. The van der Waals surface area contributed by atoms with Crippen LogP contribution in [-0.4, -0.2) is 16.5 Å². The zero-order valence-electron chi connectivity index (χ0n) is 10.4. The van der Waals surface area contributed by atoms with E-state index in [1.54, 1.807) is 12.1 Å². The molecular formula is C13H14N6. The monoisotopic (exact) mass is 254 g/mol. The number of benzene rings is 1. The molecule has 2 heterocycles. The van der Waals surface area contributed by atoms with Crippen LogP contribution in [0.4, 0.5) is 5.69 Å². The van der Waals surface area contributed by atoms with Crippen LogP contribution in [0.15, 0.2) is 35.6 Å². The number of nitrogens with one attached hydrogen (secondary N) is 2. The minimum absolute atomic E-state index is 0.344. The second-order valence-corrected chi connectivity index (χ2v) is 4.57. The summed E-state index contributed by atoms with van der Waals surface area (Å²) in [6, 6.07) is 7.77. The van der Waals surface area contributed by atoms with Gasteiger partial charge in [-0.25, -0.2) is 4.98 Å². The van der Waals surface area contributed by atoms with Gasteiger partial charge in [0.2, 0.25) is 0 Å². The van der Waals surface area contributed by atoms with E-state index in [-0.39, 0.29) is 0 Å². The number of rotatable bonds is 3. The Hall–Kier alpha value is -2.30. The highest BCUT2D eigenvalue weighted by Gasteiger charge is 2.19. The Balaban J connectivity index is 1.83. The Morgan fingerprint density at radius 2 is 2.16 bits per heavy atom. The van der Waals surface area contributed by atoms with Crippen molar-refractivity contribution in [2.24, 2.45) is 5.11 Å². The van der Waals surface area contributed by atoms with E-state index >= 15 is 0 Å². The maximum Gasteiger partial charge on any atom is 0.123 e. The summed E-state index contributed by atoms with van der Waals surface area (Å²) in [6.45, 7) is 1.06. The molecular weight excluding hydrogens is 240 g/mol. The lowest BCUT2D eigenvalue weighted by atomic mass is 10.1. The first kappa shape index (κ1) is 11.8. The maximum absolute atomic E-state index is 8.37. The van der Waals surface area contributed by atoms with Gasteiger partial charge in [0.25, 0.3) is 0 Å². The second kappa shape index (κ2) is 5.14. The van der Waals surface area contributed by atoms with E-state index in [0.29, 0.717) is 11.7 Å². The number of aromatic amines is 1. The second-order valence-electron chi connectivity index (χ2n) is 4.57. The first-order valence-corrected chi connectivity index (χ1v) is 6.30. The lowest BCUT2D eigenvalue weighted by molar-refractivity contribution is 0.613. The summed E-state index contributed by atoms with van der Waals surface area (Å²) in [5, 5.41) is 6.97. The zero-order chi connectivity index (χ0) is 13.1. The van der Waals surface area contributed by atoms with Crippen LogP contribution in [0.3, 0.4) is 0 Å². The van der Waals surface area contributed by atoms with Gasteiger partial charge in [-0.15, -0.1) is 0 Å². The van der Waals surface area contributed by atoms with Crippen molar-refractivity contribution in [2.45, 2.75) is 18.9 Å². The minimum atomic E-state index is 0.344. The molecule has 0 spiro atoms. The van der Waals surface area contributed by atoms with E-state index in [2.05, 4.69) is 25.3 Å². The smallest absolute Gasteiger partial charge is 0.123 e. The third-order valence-corrected chi connectivity index (χ3v) is 3.32. The van der Waals surface area contributed by atoms with E-state index in [1.165, 1.54) is 6.42 Å². The fraction of sp³-hybridized carbons (Fsp3) is 0.308. The minimum Gasteiger partial charge on any atom is -0.341 e. The van der Waals surface area contributed by atoms with Crippen molar-refractivity contribution in [3.05, 3.63) is 46.7 Å². The van der Waals surface area contributed by atoms with Gasteiger partial charge in [0.15, 0.2) is 0 Å². The van der Waals surface area contributed by atoms with Crippen molar-refractivity contribution in [3.63, 3.8) is 0 Å². The molecule has 1 saturated heterocycles. The molecule has 1 aliphatic rings. The molecule has 3 rings (SSSR count). The lowest BCUT2D eigenvalue weighted by Gasteiger charge is -2.05. The van der Waals surface area contributed by atoms with Crippen molar-refractivity contribution in [3.8, 4) is 11.3 Å². The van der Waals surface area contributed by atoms with Gasteiger partial charge in [-0.05, 0) is 30.5 Å². The predicted molar refractivity (Wildman–Crippen MR) is 72.8 cm³/mol. The van der Waals surface area contributed by atoms with Gasteiger partial charge >= 0.3 is 0 Å². The van der Waals surface area contributed by atoms with E-state index in [1.807, 2.05) is 18.3 Å². The van der Waals surface area contributed by atoms with Crippen LogP contribution < -0.4 is 5.32 Å². The average molecular weight is 254 g/mol. The van der Waals surface area contributed by atoms with Crippen LogP contribution in [0, 0.1) is 0 Å². The van der Waals surface area contributed by atoms with Crippen LogP contribution >= 0.6 is 0 Å². The molecule has 1 atom stereocenters. The van der Waals surface area contributed by atoms with Gasteiger partial charge in [0.05, 0.1) is 17.9 Å². The molecule has 19 heavy (non-hydrogen) atoms. The molecule has 2 N–H and O–H groups in total. The highest BCUT2D eigenvalue weighted by molar-refractivity contribution is 5.61. The zero-order valence-corrected chi connectivity index (χ0v) is 10.4. The number of hydrogen-bond donors (Lipinski definition) is 2. The lowest BCUT2D eigenvalue weighted by Crippen LogP contribution is -2.14. The van der Waals surface area contributed by atoms with Crippen molar-refractivity contribution in [1.82, 2.24) is 15.3 Å². The molecule has 96 valence electrons. The molecule has 1 aromatic heterocycles. The maximum atomic E-state index is 8.37. The van der Waals surface area contributed by atoms with Gasteiger partial charge in [0.1, 0.15) is 5.82 Å². The molecule has 0 amide bonds. The molecule has 0 unspecified atom stereocenters. The topological polar surface area (TPSA) is 89.5 Å². The van der Waals surface area contributed by atoms with E-state index in [4.69, 9.17) is 5.53 Å². The number of imidazole rings is 1. The predicted octanol–water partition coefficient (Wildman–Crippen LogP) is 3.44. The van der Waals surface area contributed by atoms with Gasteiger partial charge in [0, 0.05) is 10.6 Å². The van der Waals surface area contributed by atoms with Gasteiger partial charge in [-0.1, -0.05) is 29.4 Å². The van der Waals surface area contributed by atoms with Crippen molar-refractivity contribution >= 4 is 5.69 Å². The molecule has 1 aliphatic heterocycles. The van der Waals surface area contributed by atoms with Gasteiger partial charge in [-0.2, -0.15) is 0 Å². The average Bonchev–Trinajstić information content (AvgIpc) is 3.11. The largest absolute Gasteiger partial charge is 0.341 e. The summed E-state index contributed by atoms with van der Waals surface area (Å²) in [5.41, 5.74) is 11.0. The fourth-order valence-electron chi connectivity index (χ4n) is 2.34. The van der Waals surface area contributed by atoms with Crippen LogP contribution in [-0.2, 0) is 0 Å². The Morgan fingerprint density at radius 1 is 1.32 bits per heavy atom. The number of azide groups is 1. The molecule has 0 aliphatic carbocycles. The summed E-state index contributed by atoms with van der Waals surface area (Å²) in [7, 11) is 0. The Morgan fingerprint density at radius 3 is 2.84 bits per heavy atom. The standard InChI is InChI=1S/C13H14N6/c14-19-18-10-5-3-9(4-6-10)12-8-16-13(17-12)11-2-1-7-15-11/h3-6,8,11,15H,1-2,7H2,(H,16,17)/t11-/m0/s1. The van der Waals surface area contributed by atoms with E-state index < -0.39 is 0 Å². The molecule has 6 heteroatoms. The van der Waals surface area contributed by atoms with Crippen LogP contribution in [0.1, 0.15) is 24.7 Å². The molecule has 0 bridgehead atoms. The summed E-state index contributed by atoms with van der Waals surface area (Å²) in [5.74, 6) is 0.992. The van der Waals surface area contributed by atoms with Crippen LogP contribution in [0.2, 0.25) is 0 Å². The molecule has 1 fully saturated rings. The van der Waals surface area contributed by atoms with E-state index in [9.17, 15) is 0 Å².